The minimum atomic E-state index is -0.256. The smallest absolute Gasteiger partial charge is 0.302 e. The molecule has 0 spiro atoms. The summed E-state index contributed by atoms with van der Waals surface area (Å²) in [6.45, 7) is 8.59. The number of hydrogen-bond acceptors (Lipinski definition) is 3. The third-order valence-electron chi connectivity index (χ3n) is 2.08. The van der Waals surface area contributed by atoms with E-state index in [0.717, 1.165) is 12.8 Å². The van der Waals surface area contributed by atoms with Crippen LogP contribution in [0.2, 0.25) is 0 Å². The van der Waals surface area contributed by atoms with Crippen molar-refractivity contribution < 1.29 is 9.53 Å². The van der Waals surface area contributed by atoms with Gasteiger partial charge in [0.2, 0.25) is 0 Å². The van der Waals surface area contributed by atoms with Gasteiger partial charge in [0.15, 0.2) is 0 Å². The Morgan fingerprint density at radius 1 is 1.24 bits per heavy atom. The maximum atomic E-state index is 10.5. The first-order valence-corrected chi connectivity index (χ1v) is 5.94. The molecular weight excluding hydrogens is 214 g/mol. The molecule has 0 aliphatic carbocycles. The van der Waals surface area contributed by atoms with Crippen LogP contribution in [0.25, 0.3) is 0 Å². The maximum absolute atomic E-state index is 10.5. The van der Waals surface area contributed by atoms with E-state index >= 15 is 0 Å². The number of esters is 1. The number of aliphatic imine (C=N–C) groups is 1. The van der Waals surface area contributed by atoms with E-state index in [1.165, 1.54) is 18.1 Å². The zero-order valence-electron chi connectivity index (χ0n) is 11.3. The second-order valence-corrected chi connectivity index (χ2v) is 4.23. The number of nitrogens with zero attached hydrogens (tertiary/aromatic N) is 1. The highest BCUT2D eigenvalue weighted by Gasteiger charge is 1.89. The summed E-state index contributed by atoms with van der Waals surface area (Å²) in [5, 5.41) is 0. The average Bonchev–Trinajstić information content (AvgIpc) is 2.22. The summed E-state index contributed by atoms with van der Waals surface area (Å²) >= 11 is 0. The Morgan fingerprint density at radius 3 is 2.53 bits per heavy atom. The average molecular weight is 237 g/mol. The van der Waals surface area contributed by atoms with Crippen molar-refractivity contribution in [2.75, 3.05) is 13.2 Å². The molecule has 0 saturated heterocycles. The van der Waals surface area contributed by atoms with Crippen molar-refractivity contribution in [3.05, 3.63) is 23.3 Å². The van der Waals surface area contributed by atoms with Gasteiger partial charge in [-0.15, -0.1) is 0 Å². The number of ether oxygens (including phenoxy) is 1. The first-order valence-electron chi connectivity index (χ1n) is 5.94. The molecule has 0 bridgehead atoms. The molecule has 0 rings (SSSR count). The predicted octanol–water partition coefficient (Wildman–Crippen LogP) is 3.31. The van der Waals surface area contributed by atoms with E-state index in [2.05, 4.69) is 31.8 Å². The van der Waals surface area contributed by atoms with Crippen molar-refractivity contribution in [1.82, 2.24) is 0 Å². The Morgan fingerprint density at radius 2 is 1.94 bits per heavy atom. The van der Waals surface area contributed by atoms with E-state index < -0.39 is 0 Å². The van der Waals surface area contributed by atoms with Gasteiger partial charge in [-0.1, -0.05) is 17.2 Å². The Labute approximate surface area is 104 Å². The Balaban J connectivity index is 3.71. The lowest BCUT2D eigenvalue weighted by Gasteiger charge is -1.97. The van der Waals surface area contributed by atoms with Gasteiger partial charge in [0.1, 0.15) is 6.61 Å². The van der Waals surface area contributed by atoms with E-state index in [1.807, 2.05) is 6.08 Å². The standard InChI is InChI=1S/C14H23NO2/c1-12(2)6-5-7-13(3)8-9-15-10-11-17-14(4)16/h6,8-9H,5,7,10-11H2,1-4H3/b13-8+,15-9+. The zero-order chi connectivity index (χ0) is 13.1. The quantitative estimate of drug-likeness (QED) is 0.295. The number of rotatable bonds is 7. The number of carbonyl (C=O) groups excluding carboxylic acids is 1. The zero-order valence-corrected chi connectivity index (χ0v) is 11.3. The molecule has 17 heavy (non-hydrogen) atoms. The second-order valence-electron chi connectivity index (χ2n) is 4.23. The molecule has 0 aromatic carbocycles. The summed E-state index contributed by atoms with van der Waals surface area (Å²) in [6.07, 6.45) is 8.15. The summed E-state index contributed by atoms with van der Waals surface area (Å²) in [5.74, 6) is -0.256. The Kier molecular flexibility index (Phi) is 9.02. The van der Waals surface area contributed by atoms with Crippen molar-refractivity contribution in [3.63, 3.8) is 0 Å². The van der Waals surface area contributed by atoms with Crippen LogP contribution < -0.4 is 0 Å². The van der Waals surface area contributed by atoms with Crippen LogP contribution in [0.5, 0.6) is 0 Å². The van der Waals surface area contributed by atoms with Crippen LogP contribution in [0.15, 0.2) is 28.3 Å². The SMILES string of the molecule is CC(=O)OCC/N=C/C=C(\C)CCC=C(C)C. The van der Waals surface area contributed by atoms with E-state index in [0.29, 0.717) is 13.2 Å². The molecule has 0 aliphatic rings. The molecule has 0 aliphatic heterocycles. The van der Waals surface area contributed by atoms with Gasteiger partial charge < -0.3 is 4.74 Å². The summed E-state index contributed by atoms with van der Waals surface area (Å²) in [4.78, 5) is 14.6. The molecule has 0 unspecified atom stereocenters. The molecule has 0 aromatic rings. The lowest BCUT2D eigenvalue weighted by Crippen LogP contribution is -2.02. The van der Waals surface area contributed by atoms with Crippen molar-refractivity contribution in [2.24, 2.45) is 4.99 Å². The molecule has 0 atom stereocenters. The van der Waals surface area contributed by atoms with Gasteiger partial charge in [-0.25, -0.2) is 0 Å². The van der Waals surface area contributed by atoms with Crippen LogP contribution in [-0.2, 0) is 9.53 Å². The maximum Gasteiger partial charge on any atom is 0.302 e. The van der Waals surface area contributed by atoms with Gasteiger partial charge in [0.25, 0.3) is 0 Å². The summed E-state index contributed by atoms with van der Waals surface area (Å²) in [7, 11) is 0. The summed E-state index contributed by atoms with van der Waals surface area (Å²) in [5.41, 5.74) is 2.66. The third kappa shape index (κ3) is 12.6. The van der Waals surface area contributed by atoms with E-state index in [-0.39, 0.29) is 5.97 Å². The first kappa shape index (κ1) is 15.6. The summed E-state index contributed by atoms with van der Waals surface area (Å²) < 4.78 is 4.76. The molecule has 96 valence electrons. The third-order valence-corrected chi connectivity index (χ3v) is 2.08. The fraction of sp³-hybridized carbons (Fsp3) is 0.571. The fourth-order valence-corrected chi connectivity index (χ4v) is 1.17. The highest BCUT2D eigenvalue weighted by molar-refractivity contribution is 5.72. The van der Waals surface area contributed by atoms with Gasteiger partial charge in [-0.3, -0.25) is 9.79 Å². The Hall–Kier alpha value is -1.38. The number of hydrogen-bond donors (Lipinski definition) is 0. The van der Waals surface area contributed by atoms with Crippen LogP contribution in [0, 0.1) is 0 Å². The van der Waals surface area contributed by atoms with Crippen molar-refractivity contribution in [1.29, 1.82) is 0 Å². The molecule has 3 heteroatoms. The number of carbonyl (C=O) groups is 1. The molecule has 3 nitrogen and oxygen atoms in total. The molecular formula is C14H23NO2. The Bertz CT molecular complexity index is 310. The lowest BCUT2D eigenvalue weighted by atomic mass is 10.1. The number of allylic oxidation sites excluding steroid dienone is 4. The lowest BCUT2D eigenvalue weighted by molar-refractivity contribution is -0.140. The minimum absolute atomic E-state index is 0.256. The van der Waals surface area contributed by atoms with Gasteiger partial charge in [0, 0.05) is 13.1 Å². The van der Waals surface area contributed by atoms with Crippen molar-refractivity contribution in [2.45, 2.75) is 40.5 Å². The van der Waals surface area contributed by atoms with Gasteiger partial charge in [-0.05, 0) is 39.7 Å². The van der Waals surface area contributed by atoms with Gasteiger partial charge in [0.05, 0.1) is 6.54 Å². The van der Waals surface area contributed by atoms with Crippen LogP contribution in [0.1, 0.15) is 40.5 Å². The van der Waals surface area contributed by atoms with E-state index in [1.54, 1.807) is 6.21 Å². The molecule has 0 aromatic heterocycles. The molecule has 0 heterocycles. The van der Waals surface area contributed by atoms with Crippen LogP contribution in [0.4, 0.5) is 0 Å². The highest BCUT2D eigenvalue weighted by atomic mass is 16.5. The first-order chi connectivity index (χ1) is 8.02. The van der Waals surface area contributed by atoms with Crippen LogP contribution in [0.3, 0.4) is 0 Å². The molecule has 0 N–H and O–H groups in total. The van der Waals surface area contributed by atoms with Crippen LogP contribution in [-0.4, -0.2) is 25.3 Å². The molecule has 0 radical (unpaired) electrons. The predicted molar refractivity (Wildman–Crippen MR) is 72.4 cm³/mol. The second kappa shape index (κ2) is 9.82. The molecule has 0 fully saturated rings. The van der Waals surface area contributed by atoms with Gasteiger partial charge >= 0.3 is 5.97 Å². The van der Waals surface area contributed by atoms with Gasteiger partial charge in [-0.2, -0.15) is 0 Å². The minimum Gasteiger partial charge on any atom is -0.464 e. The molecule has 0 amide bonds. The topological polar surface area (TPSA) is 38.7 Å². The van der Waals surface area contributed by atoms with Crippen molar-refractivity contribution >= 4 is 12.2 Å². The largest absolute Gasteiger partial charge is 0.464 e. The highest BCUT2D eigenvalue weighted by Crippen LogP contribution is 2.05. The molecule has 0 saturated carbocycles. The van der Waals surface area contributed by atoms with Crippen LogP contribution >= 0.6 is 0 Å². The van der Waals surface area contributed by atoms with E-state index in [4.69, 9.17) is 4.74 Å². The van der Waals surface area contributed by atoms with E-state index in [9.17, 15) is 4.79 Å². The summed E-state index contributed by atoms with van der Waals surface area (Å²) in [6, 6.07) is 0. The monoisotopic (exact) mass is 237 g/mol. The normalized spacial score (nSPS) is 11.6. The fourth-order valence-electron chi connectivity index (χ4n) is 1.17. The van der Waals surface area contributed by atoms with Crippen molar-refractivity contribution in [3.8, 4) is 0 Å².